The van der Waals surface area contributed by atoms with Crippen molar-refractivity contribution in [2.45, 2.75) is 24.9 Å². The van der Waals surface area contributed by atoms with Gasteiger partial charge in [-0.3, -0.25) is 18.9 Å². The maximum absolute atomic E-state index is 11.7. The van der Waals surface area contributed by atoms with Crippen LogP contribution in [0.2, 0.25) is 0 Å². The average Bonchev–Trinajstić information content (AvgIpc) is 2.99. The topological polar surface area (TPSA) is 186 Å². The summed E-state index contributed by atoms with van der Waals surface area (Å²) in [6, 6.07) is 0. The van der Waals surface area contributed by atoms with Crippen molar-refractivity contribution in [2.24, 2.45) is 0 Å². The molecule has 0 aromatic carbocycles. The van der Waals surface area contributed by atoms with E-state index in [0.717, 1.165) is 0 Å². The van der Waals surface area contributed by atoms with Gasteiger partial charge in [-0.25, -0.2) is 9.55 Å². The number of phosphoric ester groups is 1. The van der Waals surface area contributed by atoms with Crippen molar-refractivity contribution in [2.75, 3.05) is 12.3 Å². The number of imidazole rings is 1. The molecule has 23 heavy (non-hydrogen) atoms. The van der Waals surface area contributed by atoms with Gasteiger partial charge in [0.05, 0.1) is 19.0 Å². The van der Waals surface area contributed by atoms with Gasteiger partial charge in [0, 0.05) is 6.42 Å². The number of aromatic amines is 1. The normalized spacial score (nSPS) is 25.3. The minimum atomic E-state index is -4.66. The molecule has 0 aliphatic carbocycles. The van der Waals surface area contributed by atoms with Gasteiger partial charge in [-0.05, 0) is 0 Å². The molecule has 13 heteroatoms. The van der Waals surface area contributed by atoms with Crippen LogP contribution in [-0.2, 0) is 13.8 Å². The van der Waals surface area contributed by atoms with Crippen LogP contribution in [0.1, 0.15) is 12.6 Å². The molecule has 1 fully saturated rings. The number of aliphatic hydroxyl groups is 1. The first kappa shape index (κ1) is 16.1. The molecule has 3 rings (SSSR count). The molecule has 3 atom stereocenters. The number of anilines is 1. The van der Waals surface area contributed by atoms with Crippen LogP contribution in [0.3, 0.4) is 0 Å². The van der Waals surface area contributed by atoms with Crippen molar-refractivity contribution in [1.82, 2.24) is 19.5 Å². The Morgan fingerprint density at radius 1 is 1.57 bits per heavy atom. The van der Waals surface area contributed by atoms with E-state index in [1.54, 1.807) is 0 Å². The van der Waals surface area contributed by atoms with Crippen molar-refractivity contribution in [3.05, 3.63) is 16.7 Å². The maximum Gasteiger partial charge on any atom is 0.469 e. The van der Waals surface area contributed by atoms with Crippen molar-refractivity contribution in [3.8, 4) is 0 Å². The summed E-state index contributed by atoms with van der Waals surface area (Å²) in [6.45, 7) is -0.481. The van der Waals surface area contributed by atoms with Gasteiger partial charge in [0.2, 0.25) is 5.95 Å². The lowest BCUT2D eigenvalue weighted by Gasteiger charge is -2.16. The van der Waals surface area contributed by atoms with Crippen LogP contribution in [0.25, 0.3) is 11.2 Å². The fourth-order valence-electron chi connectivity index (χ4n) is 2.36. The van der Waals surface area contributed by atoms with Gasteiger partial charge in [-0.15, -0.1) is 0 Å². The lowest BCUT2D eigenvalue weighted by Crippen LogP contribution is -2.25. The number of nitrogen functional groups attached to an aromatic ring is 1. The SMILES string of the molecule is Nc1nc2c(ncn2[C@H]2C[C@H](O)[C@H](COP(=O)(O)O)O2)c(=O)[nH]1. The number of aromatic nitrogens is 4. The van der Waals surface area contributed by atoms with Gasteiger partial charge >= 0.3 is 7.82 Å². The van der Waals surface area contributed by atoms with Crippen LogP contribution in [0, 0.1) is 0 Å². The Balaban J connectivity index is 1.84. The lowest BCUT2D eigenvalue weighted by molar-refractivity contribution is -0.0424. The number of H-pyrrole nitrogens is 1. The number of nitrogens with zero attached hydrogens (tertiary/aromatic N) is 3. The minimum Gasteiger partial charge on any atom is -0.390 e. The molecule has 0 saturated carbocycles. The molecular formula is C10H14N5O7P. The van der Waals surface area contributed by atoms with E-state index >= 15 is 0 Å². The van der Waals surface area contributed by atoms with E-state index in [0.29, 0.717) is 0 Å². The number of aliphatic hydroxyl groups excluding tert-OH is 1. The maximum atomic E-state index is 11.7. The van der Waals surface area contributed by atoms with Gasteiger partial charge in [0.15, 0.2) is 11.2 Å². The van der Waals surface area contributed by atoms with Crippen LogP contribution in [-0.4, -0.2) is 53.2 Å². The van der Waals surface area contributed by atoms with Crippen LogP contribution in [0.15, 0.2) is 11.1 Å². The first-order chi connectivity index (χ1) is 10.7. The summed E-state index contributed by atoms with van der Waals surface area (Å²) in [5.74, 6) is -0.0934. The zero-order chi connectivity index (χ0) is 16.8. The van der Waals surface area contributed by atoms with E-state index in [-0.39, 0.29) is 23.5 Å². The highest BCUT2D eigenvalue weighted by atomic mass is 31.2. The summed E-state index contributed by atoms with van der Waals surface area (Å²) in [5, 5.41) is 9.93. The molecule has 0 bridgehead atoms. The number of phosphoric acid groups is 1. The van der Waals surface area contributed by atoms with E-state index in [9.17, 15) is 14.5 Å². The first-order valence-corrected chi connectivity index (χ1v) is 8.03. The number of hydrogen-bond donors (Lipinski definition) is 5. The van der Waals surface area contributed by atoms with Gasteiger partial charge < -0.3 is 25.4 Å². The van der Waals surface area contributed by atoms with Crippen molar-refractivity contribution < 1.29 is 28.7 Å². The van der Waals surface area contributed by atoms with Gasteiger partial charge in [0.25, 0.3) is 5.56 Å². The minimum absolute atomic E-state index is 0.0622. The summed E-state index contributed by atoms with van der Waals surface area (Å²) >= 11 is 0. The average molecular weight is 347 g/mol. The largest absolute Gasteiger partial charge is 0.469 e. The highest BCUT2D eigenvalue weighted by Crippen LogP contribution is 2.38. The van der Waals surface area contributed by atoms with E-state index in [4.69, 9.17) is 20.3 Å². The highest BCUT2D eigenvalue weighted by Gasteiger charge is 2.37. The summed E-state index contributed by atoms with van der Waals surface area (Å²) in [7, 11) is -4.66. The molecule has 0 radical (unpaired) electrons. The van der Waals surface area contributed by atoms with E-state index in [1.165, 1.54) is 10.9 Å². The van der Waals surface area contributed by atoms with Crippen LogP contribution < -0.4 is 11.3 Å². The van der Waals surface area contributed by atoms with E-state index in [2.05, 4.69) is 19.5 Å². The van der Waals surface area contributed by atoms with Crippen LogP contribution in [0.5, 0.6) is 0 Å². The molecule has 1 aliphatic rings. The van der Waals surface area contributed by atoms with E-state index < -0.39 is 38.4 Å². The predicted octanol–water partition coefficient (Wildman–Crippen LogP) is -1.54. The third-order valence-electron chi connectivity index (χ3n) is 3.37. The van der Waals surface area contributed by atoms with Gasteiger partial charge in [0.1, 0.15) is 12.3 Å². The third-order valence-corrected chi connectivity index (χ3v) is 3.86. The molecule has 0 unspecified atom stereocenters. The fourth-order valence-corrected chi connectivity index (χ4v) is 2.70. The Hall–Kier alpha value is -1.82. The summed E-state index contributed by atoms with van der Waals surface area (Å²) in [5.41, 5.74) is 5.23. The standard InChI is InChI=1S/C10H14N5O7P/c11-10-13-8-7(9(17)14-10)12-3-15(8)6-1-4(16)5(22-6)2-21-23(18,19)20/h3-6,16H,1-2H2,(H2,18,19,20)(H3,11,13,14,17)/t4-,5-,6+/m0/s1. The molecule has 126 valence electrons. The molecule has 3 heterocycles. The molecule has 0 amide bonds. The number of fused-ring (bicyclic) bond motifs is 1. The number of nitrogens with one attached hydrogen (secondary N) is 1. The number of rotatable bonds is 4. The van der Waals surface area contributed by atoms with Crippen molar-refractivity contribution >= 4 is 24.9 Å². The molecular weight excluding hydrogens is 333 g/mol. The Bertz CT molecular complexity index is 829. The second-order valence-corrected chi connectivity index (χ2v) is 6.23. The first-order valence-electron chi connectivity index (χ1n) is 6.50. The smallest absolute Gasteiger partial charge is 0.390 e. The highest BCUT2D eigenvalue weighted by molar-refractivity contribution is 7.46. The quantitative estimate of drug-likeness (QED) is 0.406. The number of hydrogen-bond acceptors (Lipinski definition) is 8. The summed E-state index contributed by atoms with van der Waals surface area (Å²) in [6.07, 6.45) is -1.26. The zero-order valence-electron chi connectivity index (χ0n) is 11.6. The molecule has 2 aromatic heterocycles. The zero-order valence-corrected chi connectivity index (χ0v) is 12.5. The second-order valence-electron chi connectivity index (χ2n) is 4.99. The summed E-state index contributed by atoms with van der Waals surface area (Å²) < 4.78 is 22.0. The predicted molar refractivity (Wildman–Crippen MR) is 75.1 cm³/mol. The molecule has 1 aliphatic heterocycles. The lowest BCUT2D eigenvalue weighted by atomic mass is 10.2. The molecule has 0 spiro atoms. The number of ether oxygens (including phenoxy) is 1. The van der Waals surface area contributed by atoms with Gasteiger partial charge in [-0.1, -0.05) is 0 Å². The summed E-state index contributed by atoms with van der Waals surface area (Å²) in [4.78, 5) is 39.3. The fraction of sp³-hybridized carbons (Fsp3) is 0.500. The molecule has 12 nitrogen and oxygen atoms in total. The molecule has 6 N–H and O–H groups in total. The Labute approximate surface area is 128 Å². The molecule has 1 saturated heterocycles. The number of nitrogens with two attached hydrogens (primary N) is 1. The van der Waals surface area contributed by atoms with Crippen molar-refractivity contribution in [1.29, 1.82) is 0 Å². The Morgan fingerprint density at radius 2 is 2.30 bits per heavy atom. The van der Waals surface area contributed by atoms with Crippen LogP contribution in [0.4, 0.5) is 5.95 Å². The van der Waals surface area contributed by atoms with Gasteiger partial charge in [-0.2, -0.15) is 4.98 Å². The monoisotopic (exact) mass is 347 g/mol. The second kappa shape index (κ2) is 5.67. The molecule has 2 aromatic rings. The third kappa shape index (κ3) is 3.27. The Morgan fingerprint density at radius 3 is 3.00 bits per heavy atom. The van der Waals surface area contributed by atoms with E-state index in [1.807, 2.05) is 0 Å². The van der Waals surface area contributed by atoms with Crippen molar-refractivity contribution in [3.63, 3.8) is 0 Å². The Kier molecular flexibility index (Phi) is 3.96. The van der Waals surface area contributed by atoms with Crippen LogP contribution >= 0.6 is 7.82 Å².